The van der Waals surface area contributed by atoms with Gasteiger partial charge in [-0.3, -0.25) is 9.10 Å². The van der Waals surface area contributed by atoms with Crippen molar-refractivity contribution in [2.24, 2.45) is 0 Å². The Labute approximate surface area is 160 Å². The molecule has 0 aliphatic carbocycles. The number of amides is 1. The van der Waals surface area contributed by atoms with Gasteiger partial charge >= 0.3 is 6.18 Å². The quantitative estimate of drug-likeness (QED) is 0.835. The van der Waals surface area contributed by atoms with Gasteiger partial charge in [-0.15, -0.1) is 0 Å². The van der Waals surface area contributed by atoms with Gasteiger partial charge < -0.3 is 10.1 Å². The number of nitrogens with zero attached hydrogens (tertiary/aromatic N) is 1. The van der Waals surface area contributed by atoms with E-state index in [9.17, 15) is 26.4 Å². The first-order valence-electron chi connectivity index (χ1n) is 8.23. The van der Waals surface area contributed by atoms with Gasteiger partial charge in [0.1, 0.15) is 5.75 Å². The number of hydrogen-bond donors (Lipinski definition) is 1. The molecular formula is C18H17F3N2O4S. The molecule has 150 valence electrons. The zero-order valence-corrected chi connectivity index (χ0v) is 15.5. The second-order valence-electron chi connectivity index (χ2n) is 6.28. The van der Waals surface area contributed by atoms with E-state index in [-0.39, 0.29) is 24.4 Å². The molecule has 3 rings (SSSR count). The predicted molar refractivity (Wildman–Crippen MR) is 96.3 cm³/mol. The van der Waals surface area contributed by atoms with Crippen molar-refractivity contribution in [3.63, 3.8) is 0 Å². The molecule has 28 heavy (non-hydrogen) atoms. The highest BCUT2D eigenvalue weighted by molar-refractivity contribution is 7.92. The van der Waals surface area contributed by atoms with E-state index in [0.29, 0.717) is 5.69 Å². The van der Waals surface area contributed by atoms with Crippen LogP contribution in [0.25, 0.3) is 0 Å². The number of ether oxygens (including phenoxy) is 1. The Morgan fingerprint density at radius 3 is 2.61 bits per heavy atom. The van der Waals surface area contributed by atoms with E-state index in [0.717, 1.165) is 22.7 Å². The van der Waals surface area contributed by atoms with Crippen LogP contribution in [0, 0.1) is 0 Å². The number of fused-ring (bicyclic) bond motifs is 1. The lowest BCUT2D eigenvalue weighted by molar-refractivity contribution is -0.137. The first-order chi connectivity index (χ1) is 13.1. The van der Waals surface area contributed by atoms with Gasteiger partial charge in [-0.25, -0.2) is 8.42 Å². The average molecular weight is 414 g/mol. The Kier molecular flexibility index (Phi) is 5.24. The number of alkyl halides is 3. The number of hydrogen-bond acceptors (Lipinski definition) is 4. The number of benzene rings is 2. The first-order valence-corrected chi connectivity index (χ1v) is 10.1. The van der Waals surface area contributed by atoms with Gasteiger partial charge in [-0.05, 0) is 29.8 Å². The Morgan fingerprint density at radius 2 is 1.93 bits per heavy atom. The Balaban J connectivity index is 1.74. The summed E-state index contributed by atoms with van der Waals surface area (Å²) >= 11 is 0. The normalized spacial score (nSPS) is 16.9. The van der Waals surface area contributed by atoms with E-state index in [1.165, 1.54) is 12.1 Å². The molecule has 1 N–H and O–H groups in total. The predicted octanol–water partition coefficient (Wildman–Crippen LogP) is 2.55. The van der Waals surface area contributed by atoms with Crippen molar-refractivity contribution < 1.29 is 31.1 Å². The molecule has 0 saturated heterocycles. The summed E-state index contributed by atoms with van der Waals surface area (Å²) in [6, 6.07) is 11.0. The Morgan fingerprint density at radius 1 is 1.21 bits per heavy atom. The maximum atomic E-state index is 12.8. The number of para-hydroxylation sites is 2. The highest BCUT2D eigenvalue weighted by Crippen LogP contribution is 2.34. The fourth-order valence-corrected chi connectivity index (χ4v) is 3.73. The number of carbonyl (C=O) groups is 1. The second kappa shape index (κ2) is 7.34. The van der Waals surface area contributed by atoms with Crippen LogP contribution in [0.15, 0.2) is 48.5 Å². The molecule has 0 saturated carbocycles. The molecule has 0 bridgehead atoms. The number of anilines is 1. The summed E-state index contributed by atoms with van der Waals surface area (Å²) in [5.74, 6) is -0.390. The molecule has 1 amide bonds. The number of carbonyl (C=O) groups excluding carboxylic acids is 1. The second-order valence-corrected chi connectivity index (χ2v) is 8.19. The van der Waals surface area contributed by atoms with E-state index in [1.54, 1.807) is 24.3 Å². The summed E-state index contributed by atoms with van der Waals surface area (Å²) in [4.78, 5) is 12.5. The van der Waals surface area contributed by atoms with Crippen molar-refractivity contribution in [1.29, 1.82) is 0 Å². The summed E-state index contributed by atoms with van der Waals surface area (Å²) in [5, 5.41) is 2.50. The third kappa shape index (κ3) is 4.38. The molecule has 1 aliphatic rings. The van der Waals surface area contributed by atoms with Crippen LogP contribution in [0.4, 0.5) is 18.9 Å². The minimum absolute atomic E-state index is 0.150. The van der Waals surface area contributed by atoms with E-state index >= 15 is 0 Å². The molecule has 10 heteroatoms. The molecule has 0 aromatic heterocycles. The molecule has 2 aromatic carbocycles. The zero-order chi connectivity index (χ0) is 20.5. The Hall–Kier alpha value is -2.75. The molecule has 1 unspecified atom stereocenters. The van der Waals surface area contributed by atoms with E-state index < -0.39 is 33.8 Å². The average Bonchev–Trinajstić information content (AvgIpc) is 2.64. The van der Waals surface area contributed by atoms with Crippen molar-refractivity contribution in [1.82, 2.24) is 5.32 Å². The summed E-state index contributed by atoms with van der Waals surface area (Å²) in [6.07, 6.45) is -4.59. The van der Waals surface area contributed by atoms with Crippen LogP contribution >= 0.6 is 0 Å². The van der Waals surface area contributed by atoms with Crippen LogP contribution in [-0.2, 0) is 27.5 Å². The van der Waals surface area contributed by atoms with E-state index in [1.807, 2.05) is 0 Å². The zero-order valence-electron chi connectivity index (χ0n) is 14.7. The largest absolute Gasteiger partial charge is 0.476 e. The van der Waals surface area contributed by atoms with Crippen molar-refractivity contribution in [3.8, 4) is 5.75 Å². The van der Waals surface area contributed by atoms with Gasteiger partial charge in [0.25, 0.3) is 5.91 Å². The van der Waals surface area contributed by atoms with Crippen molar-refractivity contribution in [2.75, 3.05) is 17.1 Å². The standard InChI is InChI=1S/C18H17F3N2O4S/c1-28(25,26)23-11-16(27-15-8-3-2-7-14(15)23)17(24)22-10-12-5-4-6-13(9-12)18(19,20)21/h2-9,16H,10-11H2,1H3,(H,22,24). The molecule has 6 nitrogen and oxygen atoms in total. The lowest BCUT2D eigenvalue weighted by Crippen LogP contribution is -2.50. The van der Waals surface area contributed by atoms with E-state index in [4.69, 9.17) is 4.74 Å². The highest BCUT2D eigenvalue weighted by atomic mass is 32.2. The molecular weight excluding hydrogens is 397 g/mol. The molecule has 0 spiro atoms. The number of halogens is 3. The third-order valence-corrected chi connectivity index (χ3v) is 5.30. The minimum Gasteiger partial charge on any atom is -0.476 e. The molecule has 1 heterocycles. The first kappa shape index (κ1) is 20.0. The van der Waals surface area contributed by atoms with Crippen LogP contribution < -0.4 is 14.4 Å². The van der Waals surface area contributed by atoms with Crippen LogP contribution in [-0.4, -0.2) is 33.2 Å². The third-order valence-electron chi connectivity index (χ3n) is 4.15. The summed E-state index contributed by atoms with van der Waals surface area (Å²) in [5.41, 5.74) is -0.225. The fourth-order valence-electron chi connectivity index (χ4n) is 2.81. The lowest BCUT2D eigenvalue weighted by atomic mass is 10.1. The molecule has 1 atom stereocenters. The molecule has 1 aliphatic heterocycles. The van der Waals surface area contributed by atoms with Gasteiger partial charge in [0.15, 0.2) is 6.10 Å². The Bertz CT molecular complexity index is 992. The topological polar surface area (TPSA) is 75.7 Å². The monoisotopic (exact) mass is 414 g/mol. The number of nitrogens with one attached hydrogen (secondary N) is 1. The van der Waals surface area contributed by atoms with Gasteiger partial charge in [-0.1, -0.05) is 24.3 Å². The summed E-state index contributed by atoms with van der Waals surface area (Å²) in [6.45, 7) is -0.382. The van der Waals surface area contributed by atoms with Crippen molar-refractivity contribution >= 4 is 21.6 Å². The molecule has 0 fully saturated rings. The summed E-state index contributed by atoms with van der Waals surface area (Å²) in [7, 11) is -3.65. The maximum absolute atomic E-state index is 12.8. The van der Waals surface area contributed by atoms with Crippen LogP contribution in [0.3, 0.4) is 0 Å². The number of rotatable bonds is 4. The molecule has 0 radical (unpaired) electrons. The van der Waals surface area contributed by atoms with Crippen molar-refractivity contribution in [3.05, 3.63) is 59.7 Å². The van der Waals surface area contributed by atoms with Gasteiger partial charge in [0.2, 0.25) is 10.0 Å². The maximum Gasteiger partial charge on any atom is 0.416 e. The van der Waals surface area contributed by atoms with E-state index in [2.05, 4.69) is 5.32 Å². The van der Waals surface area contributed by atoms with Crippen molar-refractivity contribution in [2.45, 2.75) is 18.8 Å². The summed E-state index contributed by atoms with van der Waals surface area (Å²) < 4.78 is 69.1. The number of sulfonamides is 1. The van der Waals surface area contributed by atoms with Crippen LogP contribution in [0.2, 0.25) is 0 Å². The van der Waals surface area contributed by atoms with Crippen LogP contribution in [0.5, 0.6) is 5.75 Å². The SMILES string of the molecule is CS(=O)(=O)N1CC(C(=O)NCc2cccc(C(F)(F)F)c2)Oc2ccccc21. The van der Waals surface area contributed by atoms with Gasteiger partial charge in [0, 0.05) is 6.54 Å². The van der Waals surface area contributed by atoms with Gasteiger partial charge in [0.05, 0.1) is 24.1 Å². The van der Waals surface area contributed by atoms with Crippen LogP contribution in [0.1, 0.15) is 11.1 Å². The van der Waals surface area contributed by atoms with Gasteiger partial charge in [-0.2, -0.15) is 13.2 Å². The highest BCUT2D eigenvalue weighted by Gasteiger charge is 2.35. The molecule has 2 aromatic rings. The minimum atomic E-state index is -4.48. The smallest absolute Gasteiger partial charge is 0.416 e. The lowest BCUT2D eigenvalue weighted by Gasteiger charge is -2.33. The fraction of sp³-hybridized carbons (Fsp3) is 0.278.